The van der Waals surface area contributed by atoms with Crippen molar-refractivity contribution in [2.75, 3.05) is 0 Å². The number of carbonyl (C=O) groups is 1. The van der Waals surface area contributed by atoms with E-state index in [0.29, 0.717) is 6.42 Å². The van der Waals surface area contributed by atoms with Gasteiger partial charge in [0.15, 0.2) is 5.78 Å². The van der Waals surface area contributed by atoms with Crippen LogP contribution in [0.25, 0.3) is 0 Å². The minimum Gasteiger partial charge on any atom is -0.294 e. The summed E-state index contributed by atoms with van der Waals surface area (Å²) in [5.74, 6) is 0.189. The molecule has 55 valence electrons. The fraction of sp³-hybridized carbons (Fsp3) is 0.222. The average molecular weight is 224 g/mol. The molecule has 11 heavy (non-hydrogen) atoms. The number of hydrogen-bond acceptors (Lipinski definition) is 1. The second kappa shape index (κ2) is 5.43. The van der Waals surface area contributed by atoms with Gasteiger partial charge in [-0.2, -0.15) is 0 Å². The minimum atomic E-state index is 0. The largest absolute Gasteiger partial charge is 0.294 e. The zero-order valence-electron chi connectivity index (χ0n) is 6.42. The number of rotatable bonds is 2. The van der Waals surface area contributed by atoms with Gasteiger partial charge in [0.05, 0.1) is 0 Å². The van der Waals surface area contributed by atoms with Crippen LogP contribution in [-0.4, -0.2) is 5.78 Å². The monoisotopic (exact) mass is 223 g/mol. The van der Waals surface area contributed by atoms with Gasteiger partial charge in [0.25, 0.3) is 0 Å². The maximum Gasteiger partial charge on any atom is 0.162 e. The number of benzene rings is 1. The molecule has 0 bridgehead atoms. The van der Waals surface area contributed by atoms with E-state index in [0.717, 1.165) is 5.56 Å². The molecule has 0 amide bonds. The summed E-state index contributed by atoms with van der Waals surface area (Å²) in [5, 5.41) is 0. The van der Waals surface area contributed by atoms with Crippen molar-refractivity contribution in [3.8, 4) is 0 Å². The maximum absolute atomic E-state index is 11.0. The standard InChI is InChI=1S/C9H9O.Zr/c1-2-9(10)8-6-4-3-5-7-8;/h4-7H,2H2,1H3;. The predicted molar refractivity (Wildman–Crippen MR) is 39.9 cm³/mol. The Hall–Kier alpha value is -0.227. The predicted octanol–water partition coefficient (Wildman–Crippen LogP) is 2.08. The van der Waals surface area contributed by atoms with Gasteiger partial charge in [-0.25, -0.2) is 0 Å². The molecule has 0 spiro atoms. The van der Waals surface area contributed by atoms with E-state index < -0.39 is 0 Å². The van der Waals surface area contributed by atoms with Crippen molar-refractivity contribution in [3.63, 3.8) is 0 Å². The van der Waals surface area contributed by atoms with Crippen LogP contribution in [0.1, 0.15) is 23.7 Å². The number of Topliss-reactive ketones (excluding diaryl/α,β-unsaturated/α-hetero) is 1. The van der Waals surface area contributed by atoms with Gasteiger partial charge in [-0.3, -0.25) is 4.79 Å². The molecule has 0 saturated carbocycles. The summed E-state index contributed by atoms with van der Waals surface area (Å²) in [5.41, 5.74) is 0.779. The fourth-order valence-electron chi connectivity index (χ4n) is 0.777. The molecule has 1 radical (unpaired) electrons. The third-order valence-electron chi connectivity index (χ3n) is 1.36. The van der Waals surface area contributed by atoms with Crippen LogP contribution in [-0.2, 0) is 26.2 Å². The molecule has 0 aliphatic heterocycles. The number of carbonyl (C=O) groups excluding carboxylic acids is 1. The number of ketones is 1. The van der Waals surface area contributed by atoms with Gasteiger partial charge in [0.1, 0.15) is 0 Å². The van der Waals surface area contributed by atoms with Gasteiger partial charge >= 0.3 is 0 Å². The van der Waals surface area contributed by atoms with E-state index in [2.05, 4.69) is 6.07 Å². The summed E-state index contributed by atoms with van der Waals surface area (Å²) in [6.07, 6.45) is 0.573. The quantitative estimate of drug-likeness (QED) is 0.703. The van der Waals surface area contributed by atoms with Crippen LogP contribution in [0.3, 0.4) is 0 Å². The van der Waals surface area contributed by atoms with Crippen LogP contribution in [0.5, 0.6) is 0 Å². The van der Waals surface area contributed by atoms with E-state index in [4.69, 9.17) is 0 Å². The van der Waals surface area contributed by atoms with E-state index in [9.17, 15) is 4.79 Å². The van der Waals surface area contributed by atoms with E-state index in [1.807, 2.05) is 6.92 Å². The molecule has 0 N–H and O–H groups in total. The normalized spacial score (nSPS) is 8.45. The second-order valence-electron chi connectivity index (χ2n) is 2.07. The molecule has 1 nitrogen and oxygen atoms in total. The molecule has 0 unspecified atom stereocenters. The number of hydrogen-bond donors (Lipinski definition) is 0. The van der Waals surface area contributed by atoms with E-state index >= 15 is 0 Å². The van der Waals surface area contributed by atoms with Crippen molar-refractivity contribution in [1.82, 2.24) is 0 Å². The molecule has 1 aromatic rings. The first-order valence-electron chi connectivity index (χ1n) is 3.34. The fourth-order valence-corrected chi connectivity index (χ4v) is 0.777. The zero-order chi connectivity index (χ0) is 7.40. The Morgan fingerprint density at radius 3 is 2.45 bits per heavy atom. The van der Waals surface area contributed by atoms with Crippen molar-refractivity contribution in [2.24, 2.45) is 0 Å². The molecule has 2 heteroatoms. The average Bonchev–Trinajstić information content (AvgIpc) is 2.05. The first-order valence-corrected chi connectivity index (χ1v) is 3.34. The van der Waals surface area contributed by atoms with Crippen molar-refractivity contribution >= 4 is 5.78 Å². The molecule has 1 rings (SSSR count). The Kier molecular flexibility index (Phi) is 5.32. The molecule has 0 heterocycles. The summed E-state index contributed by atoms with van der Waals surface area (Å²) >= 11 is 0. The van der Waals surface area contributed by atoms with Gasteiger partial charge < -0.3 is 0 Å². The van der Waals surface area contributed by atoms with Crippen LogP contribution in [0.15, 0.2) is 24.3 Å². The molecular weight excluding hydrogens is 215 g/mol. The van der Waals surface area contributed by atoms with Crippen molar-refractivity contribution in [3.05, 3.63) is 35.9 Å². The van der Waals surface area contributed by atoms with Gasteiger partial charge in [-0.1, -0.05) is 31.2 Å². The molecule has 0 aromatic heterocycles. The Bertz CT molecular complexity index is 218. The first-order chi connectivity index (χ1) is 4.84. The van der Waals surface area contributed by atoms with Crippen LogP contribution < -0.4 is 0 Å². The Labute approximate surface area is 85.9 Å². The maximum atomic E-state index is 11.0. The summed E-state index contributed by atoms with van der Waals surface area (Å²) < 4.78 is 0. The third kappa shape index (κ3) is 3.11. The van der Waals surface area contributed by atoms with Gasteiger partial charge in [-0.15, -0.1) is 0 Å². The Morgan fingerprint density at radius 2 is 2.00 bits per heavy atom. The van der Waals surface area contributed by atoms with Gasteiger partial charge in [-0.05, 0) is 6.07 Å². The Balaban J connectivity index is 0.000001000. The molecular formula is C9H9OZr. The zero-order valence-corrected chi connectivity index (χ0v) is 8.88. The molecule has 0 fully saturated rings. The SMILES string of the molecule is CCC(=O)c1cc[c]cc1.[Zr]. The van der Waals surface area contributed by atoms with Gasteiger partial charge in [0.2, 0.25) is 0 Å². The first kappa shape index (κ1) is 10.8. The van der Waals surface area contributed by atoms with E-state index in [1.54, 1.807) is 24.3 Å². The molecule has 0 aliphatic carbocycles. The van der Waals surface area contributed by atoms with Crippen LogP contribution >= 0.6 is 0 Å². The van der Waals surface area contributed by atoms with Crippen LogP contribution in [0.4, 0.5) is 0 Å². The molecule has 0 aliphatic rings. The summed E-state index contributed by atoms with van der Waals surface area (Å²) in [4.78, 5) is 11.0. The smallest absolute Gasteiger partial charge is 0.162 e. The van der Waals surface area contributed by atoms with Crippen molar-refractivity contribution in [2.45, 2.75) is 13.3 Å². The Morgan fingerprint density at radius 1 is 1.45 bits per heavy atom. The molecule has 0 atom stereocenters. The third-order valence-corrected chi connectivity index (χ3v) is 1.36. The van der Waals surface area contributed by atoms with Crippen LogP contribution in [0, 0.1) is 6.07 Å². The van der Waals surface area contributed by atoms with Crippen molar-refractivity contribution in [1.29, 1.82) is 0 Å². The molecule has 0 saturated heterocycles. The minimum absolute atomic E-state index is 0. The van der Waals surface area contributed by atoms with Crippen molar-refractivity contribution < 1.29 is 31.0 Å². The van der Waals surface area contributed by atoms with Crippen LogP contribution in [0.2, 0.25) is 0 Å². The van der Waals surface area contributed by atoms with Gasteiger partial charge in [0, 0.05) is 38.2 Å². The summed E-state index contributed by atoms with van der Waals surface area (Å²) in [6.45, 7) is 1.86. The molecule has 1 aromatic carbocycles. The summed E-state index contributed by atoms with van der Waals surface area (Å²) in [6, 6.07) is 9.93. The van der Waals surface area contributed by atoms with E-state index in [-0.39, 0.29) is 32.0 Å². The topological polar surface area (TPSA) is 17.1 Å². The van der Waals surface area contributed by atoms with E-state index in [1.165, 1.54) is 0 Å². The second-order valence-corrected chi connectivity index (χ2v) is 2.07. The summed E-state index contributed by atoms with van der Waals surface area (Å²) in [7, 11) is 0.